The van der Waals surface area contributed by atoms with Crippen molar-refractivity contribution in [2.24, 2.45) is 0 Å². The van der Waals surface area contributed by atoms with Gasteiger partial charge in [-0.3, -0.25) is 4.90 Å². The van der Waals surface area contributed by atoms with E-state index in [0.29, 0.717) is 0 Å². The molecule has 86 valence electrons. The van der Waals surface area contributed by atoms with Crippen molar-refractivity contribution in [3.05, 3.63) is 41.4 Å². The van der Waals surface area contributed by atoms with Crippen LogP contribution in [0.15, 0.2) is 30.8 Å². The molecule has 1 aromatic rings. The van der Waals surface area contributed by atoms with E-state index in [9.17, 15) is 0 Å². The third-order valence-electron chi connectivity index (χ3n) is 2.86. The molecule has 1 heterocycles. The zero-order valence-electron chi connectivity index (χ0n) is 9.38. The highest BCUT2D eigenvalue weighted by atomic mass is 35.5. The molecular formula is C13H17ClN2. The second-order valence-electron chi connectivity index (χ2n) is 4.14. The lowest BCUT2D eigenvalue weighted by Crippen LogP contribution is -2.43. The first kappa shape index (κ1) is 11.6. The largest absolute Gasteiger partial charge is 0.314 e. The van der Waals surface area contributed by atoms with Crippen LogP contribution in [0.4, 0.5) is 0 Å². The third kappa shape index (κ3) is 3.08. The molecule has 2 rings (SSSR count). The zero-order valence-corrected chi connectivity index (χ0v) is 10.1. The lowest BCUT2D eigenvalue weighted by Gasteiger charge is -2.27. The van der Waals surface area contributed by atoms with Crippen LogP contribution in [0.5, 0.6) is 0 Å². The molecule has 0 unspecified atom stereocenters. The average molecular weight is 237 g/mol. The Bertz CT molecular complexity index is 370. The summed E-state index contributed by atoms with van der Waals surface area (Å²) >= 11 is 5.97. The normalized spacial score (nSPS) is 17.3. The fourth-order valence-electron chi connectivity index (χ4n) is 1.94. The van der Waals surface area contributed by atoms with Gasteiger partial charge < -0.3 is 5.32 Å². The van der Waals surface area contributed by atoms with Crippen LogP contribution < -0.4 is 5.32 Å². The van der Waals surface area contributed by atoms with Crippen molar-refractivity contribution in [2.45, 2.75) is 0 Å². The van der Waals surface area contributed by atoms with Crippen molar-refractivity contribution < 1.29 is 0 Å². The second-order valence-corrected chi connectivity index (χ2v) is 4.58. The summed E-state index contributed by atoms with van der Waals surface area (Å²) in [6.45, 7) is 9.41. The van der Waals surface area contributed by atoms with E-state index in [1.807, 2.05) is 18.2 Å². The Kier molecular flexibility index (Phi) is 3.99. The molecule has 0 spiro atoms. The molecule has 1 saturated heterocycles. The number of nitrogens with one attached hydrogen (secondary N) is 1. The fraction of sp³-hybridized carbons (Fsp3) is 0.385. The van der Waals surface area contributed by atoms with Crippen LogP contribution >= 0.6 is 11.6 Å². The first-order valence-electron chi connectivity index (χ1n) is 5.62. The Morgan fingerprint density at radius 1 is 1.38 bits per heavy atom. The highest BCUT2D eigenvalue weighted by Gasteiger charge is 2.11. The number of benzene rings is 1. The number of nitrogens with zero attached hydrogens (tertiary/aromatic N) is 1. The van der Waals surface area contributed by atoms with Crippen LogP contribution in [0.2, 0.25) is 5.02 Å². The van der Waals surface area contributed by atoms with E-state index in [0.717, 1.165) is 48.9 Å². The van der Waals surface area contributed by atoms with Gasteiger partial charge in [0, 0.05) is 37.7 Å². The average Bonchev–Trinajstić information content (AvgIpc) is 2.30. The molecule has 1 aromatic carbocycles. The fourth-order valence-corrected chi connectivity index (χ4v) is 2.13. The smallest absolute Gasteiger partial charge is 0.0412 e. The maximum Gasteiger partial charge on any atom is 0.0412 e. The predicted octanol–water partition coefficient (Wildman–Crippen LogP) is 2.26. The molecule has 16 heavy (non-hydrogen) atoms. The lowest BCUT2D eigenvalue weighted by atomic mass is 10.1. The summed E-state index contributed by atoms with van der Waals surface area (Å²) in [4.78, 5) is 2.42. The summed E-state index contributed by atoms with van der Waals surface area (Å²) in [6.07, 6.45) is 0. The molecule has 3 heteroatoms. The standard InChI is InChI=1S/C13H17ClN2/c1-11(10-16-7-5-15-6-8-16)12-3-2-4-13(14)9-12/h2-4,9,15H,1,5-8,10H2. The summed E-state index contributed by atoms with van der Waals surface area (Å²) in [7, 11) is 0. The topological polar surface area (TPSA) is 15.3 Å². The molecular weight excluding hydrogens is 220 g/mol. The first-order chi connectivity index (χ1) is 7.75. The van der Waals surface area contributed by atoms with Crippen LogP contribution in [-0.2, 0) is 0 Å². The predicted molar refractivity (Wildman–Crippen MR) is 69.8 cm³/mol. The van der Waals surface area contributed by atoms with Crippen LogP contribution in [-0.4, -0.2) is 37.6 Å². The summed E-state index contributed by atoms with van der Waals surface area (Å²) in [6, 6.07) is 7.91. The van der Waals surface area contributed by atoms with Gasteiger partial charge in [0.2, 0.25) is 0 Å². The molecule has 2 nitrogen and oxygen atoms in total. The molecule has 0 aliphatic carbocycles. The highest BCUT2D eigenvalue weighted by Crippen LogP contribution is 2.18. The van der Waals surface area contributed by atoms with Crippen molar-refractivity contribution in [3.63, 3.8) is 0 Å². The molecule has 1 fully saturated rings. The van der Waals surface area contributed by atoms with Gasteiger partial charge in [0.1, 0.15) is 0 Å². The molecule has 0 aromatic heterocycles. The minimum atomic E-state index is 0.777. The molecule has 0 bridgehead atoms. The number of halogens is 1. The molecule has 1 aliphatic rings. The minimum absolute atomic E-state index is 0.777. The van der Waals surface area contributed by atoms with E-state index >= 15 is 0 Å². The third-order valence-corrected chi connectivity index (χ3v) is 3.09. The molecule has 0 radical (unpaired) electrons. The van der Waals surface area contributed by atoms with Gasteiger partial charge in [0.05, 0.1) is 0 Å². The molecule has 1 aliphatic heterocycles. The Morgan fingerprint density at radius 3 is 2.81 bits per heavy atom. The number of hydrogen-bond acceptors (Lipinski definition) is 2. The molecule has 0 saturated carbocycles. The SMILES string of the molecule is C=C(CN1CCNCC1)c1cccc(Cl)c1. The lowest BCUT2D eigenvalue weighted by molar-refractivity contribution is 0.268. The van der Waals surface area contributed by atoms with Gasteiger partial charge in [0.25, 0.3) is 0 Å². The van der Waals surface area contributed by atoms with Gasteiger partial charge in [-0.05, 0) is 23.3 Å². The zero-order chi connectivity index (χ0) is 11.4. The summed E-state index contributed by atoms with van der Waals surface area (Å²) in [5, 5.41) is 4.12. The van der Waals surface area contributed by atoms with Gasteiger partial charge in [0.15, 0.2) is 0 Å². The Labute approximate surface area is 102 Å². The maximum atomic E-state index is 5.97. The molecule has 0 atom stereocenters. The van der Waals surface area contributed by atoms with E-state index in [1.54, 1.807) is 0 Å². The Morgan fingerprint density at radius 2 is 2.12 bits per heavy atom. The van der Waals surface area contributed by atoms with Crippen LogP contribution in [0.3, 0.4) is 0 Å². The van der Waals surface area contributed by atoms with Crippen LogP contribution in [0.25, 0.3) is 5.57 Å². The first-order valence-corrected chi connectivity index (χ1v) is 6.00. The van der Waals surface area contributed by atoms with Gasteiger partial charge in [-0.25, -0.2) is 0 Å². The van der Waals surface area contributed by atoms with Crippen molar-refractivity contribution in [1.29, 1.82) is 0 Å². The van der Waals surface area contributed by atoms with Crippen LogP contribution in [0.1, 0.15) is 5.56 Å². The molecule has 1 N–H and O–H groups in total. The van der Waals surface area contributed by atoms with Gasteiger partial charge >= 0.3 is 0 Å². The molecule has 0 amide bonds. The summed E-state index contributed by atoms with van der Waals surface area (Å²) < 4.78 is 0. The second kappa shape index (κ2) is 5.48. The Hall–Kier alpha value is -0.830. The summed E-state index contributed by atoms with van der Waals surface area (Å²) in [5.41, 5.74) is 2.29. The Balaban J connectivity index is 1.97. The monoisotopic (exact) mass is 236 g/mol. The van der Waals surface area contributed by atoms with Crippen molar-refractivity contribution in [1.82, 2.24) is 10.2 Å². The maximum absolute atomic E-state index is 5.97. The minimum Gasteiger partial charge on any atom is -0.314 e. The number of piperazine rings is 1. The van der Waals surface area contributed by atoms with Crippen molar-refractivity contribution >= 4 is 17.2 Å². The van der Waals surface area contributed by atoms with Gasteiger partial charge in [-0.1, -0.05) is 30.3 Å². The van der Waals surface area contributed by atoms with E-state index in [4.69, 9.17) is 11.6 Å². The van der Waals surface area contributed by atoms with Gasteiger partial charge in [-0.2, -0.15) is 0 Å². The van der Waals surface area contributed by atoms with E-state index < -0.39 is 0 Å². The highest BCUT2D eigenvalue weighted by molar-refractivity contribution is 6.30. The number of rotatable bonds is 3. The van der Waals surface area contributed by atoms with E-state index in [-0.39, 0.29) is 0 Å². The van der Waals surface area contributed by atoms with Crippen molar-refractivity contribution in [3.8, 4) is 0 Å². The number of hydrogen-bond donors (Lipinski definition) is 1. The summed E-state index contributed by atoms with van der Waals surface area (Å²) in [5.74, 6) is 0. The van der Waals surface area contributed by atoms with Gasteiger partial charge in [-0.15, -0.1) is 0 Å². The van der Waals surface area contributed by atoms with E-state index in [2.05, 4.69) is 22.9 Å². The van der Waals surface area contributed by atoms with E-state index in [1.165, 1.54) is 0 Å². The van der Waals surface area contributed by atoms with Crippen LogP contribution in [0, 0.1) is 0 Å². The quantitative estimate of drug-likeness (QED) is 0.866. The van der Waals surface area contributed by atoms with Crippen molar-refractivity contribution in [2.75, 3.05) is 32.7 Å².